The minimum Gasteiger partial charge on any atom is -0.481 e. The summed E-state index contributed by atoms with van der Waals surface area (Å²) < 4.78 is 0. The van der Waals surface area contributed by atoms with E-state index in [9.17, 15) is 14.4 Å². The van der Waals surface area contributed by atoms with Crippen molar-refractivity contribution in [3.05, 3.63) is 0 Å². The van der Waals surface area contributed by atoms with E-state index in [1.54, 1.807) is 13.8 Å². The fourth-order valence-corrected chi connectivity index (χ4v) is 1.60. The monoisotopic (exact) mass is 270 g/mol. The Morgan fingerprint density at radius 2 is 1.84 bits per heavy atom. The van der Waals surface area contributed by atoms with E-state index in [-0.39, 0.29) is 30.7 Å². The fourth-order valence-electron chi connectivity index (χ4n) is 1.60. The predicted molar refractivity (Wildman–Crippen MR) is 69.3 cm³/mol. The minimum absolute atomic E-state index is 0.00571. The molecule has 0 spiro atoms. The second-order valence-corrected chi connectivity index (χ2v) is 5.83. The number of nitrogens with one attached hydrogen (secondary N) is 2. The molecule has 0 heterocycles. The smallest absolute Gasteiger partial charge is 0.310 e. The molecule has 0 saturated heterocycles. The van der Waals surface area contributed by atoms with E-state index in [4.69, 9.17) is 5.11 Å². The van der Waals surface area contributed by atoms with Gasteiger partial charge < -0.3 is 15.7 Å². The van der Waals surface area contributed by atoms with Gasteiger partial charge in [0.15, 0.2) is 0 Å². The van der Waals surface area contributed by atoms with E-state index >= 15 is 0 Å². The van der Waals surface area contributed by atoms with Gasteiger partial charge in [0.25, 0.3) is 0 Å². The van der Waals surface area contributed by atoms with Gasteiger partial charge in [0.1, 0.15) is 0 Å². The number of hydrogen-bond acceptors (Lipinski definition) is 3. The van der Waals surface area contributed by atoms with Gasteiger partial charge in [-0.25, -0.2) is 0 Å². The highest BCUT2D eigenvalue weighted by molar-refractivity contribution is 5.82. The first-order chi connectivity index (χ1) is 8.74. The zero-order valence-electron chi connectivity index (χ0n) is 11.7. The average molecular weight is 270 g/mol. The van der Waals surface area contributed by atoms with Gasteiger partial charge in [-0.15, -0.1) is 0 Å². The lowest BCUT2D eigenvalue weighted by Gasteiger charge is -2.19. The van der Waals surface area contributed by atoms with Crippen molar-refractivity contribution in [3.8, 4) is 0 Å². The lowest BCUT2D eigenvalue weighted by molar-refractivity contribution is -0.146. The zero-order chi connectivity index (χ0) is 14.6. The number of aliphatic carboxylic acids is 1. The van der Waals surface area contributed by atoms with Crippen molar-refractivity contribution in [2.45, 2.75) is 33.6 Å². The first-order valence-electron chi connectivity index (χ1n) is 6.52. The number of rotatable bonds is 7. The molecule has 1 aliphatic rings. The largest absolute Gasteiger partial charge is 0.481 e. The van der Waals surface area contributed by atoms with Crippen molar-refractivity contribution in [2.75, 3.05) is 13.1 Å². The molecule has 2 unspecified atom stereocenters. The SMILES string of the molecule is CC1CC1C(=O)NCCC(=O)NCC(C)(C)C(=O)O. The van der Waals surface area contributed by atoms with Crippen LogP contribution in [0.2, 0.25) is 0 Å². The van der Waals surface area contributed by atoms with Crippen LogP contribution in [-0.4, -0.2) is 36.0 Å². The minimum atomic E-state index is -0.984. The highest BCUT2D eigenvalue weighted by Crippen LogP contribution is 2.37. The molecule has 0 aromatic rings. The molecule has 3 N–H and O–H groups in total. The molecule has 2 atom stereocenters. The maximum absolute atomic E-state index is 11.5. The number of carboxylic acids is 1. The van der Waals surface area contributed by atoms with Crippen molar-refractivity contribution in [2.24, 2.45) is 17.3 Å². The molecule has 0 bridgehead atoms. The summed E-state index contributed by atoms with van der Waals surface area (Å²) in [6, 6.07) is 0. The van der Waals surface area contributed by atoms with Crippen molar-refractivity contribution in [3.63, 3.8) is 0 Å². The maximum Gasteiger partial charge on any atom is 0.310 e. The topological polar surface area (TPSA) is 95.5 Å². The van der Waals surface area contributed by atoms with Crippen LogP contribution < -0.4 is 10.6 Å². The van der Waals surface area contributed by atoms with Crippen LogP contribution in [0.3, 0.4) is 0 Å². The average Bonchev–Trinajstić information content (AvgIpc) is 3.03. The summed E-state index contributed by atoms with van der Waals surface area (Å²) in [5.41, 5.74) is -0.984. The molecule has 1 saturated carbocycles. The molecule has 2 amide bonds. The molecule has 0 radical (unpaired) electrons. The molecular weight excluding hydrogens is 248 g/mol. The van der Waals surface area contributed by atoms with Gasteiger partial charge in [-0.2, -0.15) is 0 Å². The third-order valence-corrected chi connectivity index (χ3v) is 3.40. The van der Waals surface area contributed by atoms with E-state index in [0.29, 0.717) is 12.5 Å². The number of carbonyl (C=O) groups is 3. The first kappa shape index (κ1) is 15.5. The normalized spacial score (nSPS) is 21.6. The van der Waals surface area contributed by atoms with Gasteiger partial charge in [-0.3, -0.25) is 14.4 Å². The predicted octanol–water partition coefficient (Wildman–Crippen LogP) is 0.376. The summed E-state index contributed by atoms with van der Waals surface area (Å²) in [7, 11) is 0. The van der Waals surface area contributed by atoms with Crippen LogP contribution in [0, 0.1) is 17.3 Å². The van der Waals surface area contributed by atoms with Crippen LogP contribution >= 0.6 is 0 Å². The van der Waals surface area contributed by atoms with Gasteiger partial charge in [0, 0.05) is 25.4 Å². The Hall–Kier alpha value is -1.59. The quantitative estimate of drug-likeness (QED) is 0.623. The van der Waals surface area contributed by atoms with E-state index in [2.05, 4.69) is 10.6 Å². The van der Waals surface area contributed by atoms with Crippen LogP contribution in [0.15, 0.2) is 0 Å². The van der Waals surface area contributed by atoms with Crippen LogP contribution in [0.4, 0.5) is 0 Å². The standard InChI is InChI=1S/C13H22N2O4/c1-8-6-9(8)11(17)14-5-4-10(16)15-7-13(2,3)12(18)19/h8-9H,4-7H2,1-3H3,(H,14,17)(H,15,16)(H,18,19). The number of carbonyl (C=O) groups excluding carboxylic acids is 2. The molecule has 108 valence electrons. The van der Waals surface area contributed by atoms with Gasteiger partial charge in [-0.1, -0.05) is 6.92 Å². The van der Waals surface area contributed by atoms with E-state index in [0.717, 1.165) is 6.42 Å². The van der Waals surface area contributed by atoms with Gasteiger partial charge in [0.05, 0.1) is 5.41 Å². The Morgan fingerprint density at radius 1 is 1.26 bits per heavy atom. The Labute approximate surface area is 112 Å². The molecule has 1 rings (SSSR count). The third kappa shape index (κ3) is 4.89. The number of carboxylic acid groups (broad SMARTS) is 1. The Kier molecular flexibility index (Phi) is 4.91. The van der Waals surface area contributed by atoms with E-state index in [1.165, 1.54) is 0 Å². The summed E-state index contributed by atoms with van der Waals surface area (Å²) in [5, 5.41) is 14.2. The van der Waals surface area contributed by atoms with Crippen molar-refractivity contribution in [1.82, 2.24) is 10.6 Å². The molecule has 6 heteroatoms. The molecular formula is C13H22N2O4. The Morgan fingerprint density at radius 3 is 2.32 bits per heavy atom. The first-order valence-corrected chi connectivity index (χ1v) is 6.52. The molecule has 1 fully saturated rings. The third-order valence-electron chi connectivity index (χ3n) is 3.40. The van der Waals surface area contributed by atoms with Crippen molar-refractivity contribution in [1.29, 1.82) is 0 Å². The van der Waals surface area contributed by atoms with Crippen LogP contribution in [0.25, 0.3) is 0 Å². The summed E-state index contributed by atoms with van der Waals surface area (Å²) in [6.45, 7) is 5.48. The Balaban J connectivity index is 2.14. The van der Waals surface area contributed by atoms with Gasteiger partial charge in [0.2, 0.25) is 11.8 Å². The summed E-state index contributed by atoms with van der Waals surface area (Å²) in [6.07, 6.45) is 1.09. The second-order valence-electron chi connectivity index (χ2n) is 5.83. The summed E-state index contributed by atoms with van der Waals surface area (Å²) in [5.74, 6) is -0.646. The highest BCUT2D eigenvalue weighted by Gasteiger charge is 2.38. The number of amides is 2. The van der Waals surface area contributed by atoms with Crippen LogP contribution in [0.1, 0.15) is 33.6 Å². The molecule has 0 aliphatic heterocycles. The van der Waals surface area contributed by atoms with Gasteiger partial charge in [-0.05, 0) is 26.2 Å². The lowest BCUT2D eigenvalue weighted by Crippen LogP contribution is -2.40. The fraction of sp³-hybridized carbons (Fsp3) is 0.769. The van der Waals surface area contributed by atoms with Crippen LogP contribution in [-0.2, 0) is 14.4 Å². The summed E-state index contributed by atoms with van der Waals surface area (Å²) >= 11 is 0. The molecule has 0 aromatic heterocycles. The van der Waals surface area contributed by atoms with Crippen LogP contribution in [0.5, 0.6) is 0 Å². The molecule has 0 aromatic carbocycles. The Bertz CT molecular complexity index is 379. The number of hydrogen-bond donors (Lipinski definition) is 3. The molecule has 19 heavy (non-hydrogen) atoms. The van der Waals surface area contributed by atoms with E-state index in [1.807, 2.05) is 6.92 Å². The molecule has 6 nitrogen and oxygen atoms in total. The zero-order valence-corrected chi connectivity index (χ0v) is 11.7. The lowest BCUT2D eigenvalue weighted by atomic mass is 9.94. The van der Waals surface area contributed by atoms with E-state index < -0.39 is 11.4 Å². The van der Waals surface area contributed by atoms with Crippen molar-refractivity contribution >= 4 is 17.8 Å². The van der Waals surface area contributed by atoms with Crippen molar-refractivity contribution < 1.29 is 19.5 Å². The second kappa shape index (κ2) is 6.04. The molecule has 1 aliphatic carbocycles. The maximum atomic E-state index is 11.5. The highest BCUT2D eigenvalue weighted by atomic mass is 16.4. The van der Waals surface area contributed by atoms with Gasteiger partial charge >= 0.3 is 5.97 Å². The summed E-state index contributed by atoms with van der Waals surface area (Å²) in [4.78, 5) is 33.8.